The Bertz CT molecular complexity index is 443. The molecule has 0 aromatic carbocycles. The van der Waals surface area contributed by atoms with E-state index in [-0.39, 0.29) is 5.09 Å². The van der Waals surface area contributed by atoms with Crippen LogP contribution >= 0.6 is 11.8 Å². The van der Waals surface area contributed by atoms with E-state index in [9.17, 15) is 8.42 Å². The van der Waals surface area contributed by atoms with E-state index >= 15 is 0 Å². The fourth-order valence-corrected chi connectivity index (χ4v) is 2.56. The number of rotatable bonds is 9. The molecule has 0 unspecified atom stereocenters. The van der Waals surface area contributed by atoms with Crippen LogP contribution in [0.3, 0.4) is 0 Å². The normalized spacial score (nSPS) is 11.9. The average molecular weight is 292 g/mol. The second-order valence-corrected chi connectivity index (χ2v) is 6.61. The molecule has 0 atom stereocenters. The van der Waals surface area contributed by atoms with Gasteiger partial charge in [0.15, 0.2) is 0 Å². The van der Waals surface area contributed by atoms with Gasteiger partial charge < -0.3 is 9.73 Å². The van der Waals surface area contributed by atoms with Crippen LogP contribution in [0.25, 0.3) is 0 Å². The lowest BCUT2D eigenvalue weighted by molar-refractivity contribution is 0.400. The molecule has 5 nitrogen and oxygen atoms in total. The highest BCUT2D eigenvalue weighted by molar-refractivity contribution is 7.98. The third kappa shape index (κ3) is 5.01. The highest BCUT2D eigenvalue weighted by Gasteiger charge is 2.15. The molecule has 0 fully saturated rings. The third-order valence-corrected chi connectivity index (χ3v) is 4.41. The number of unbranched alkanes of at least 4 members (excludes halogenated alkanes) is 1. The molecule has 1 aromatic heterocycles. The zero-order valence-electron chi connectivity index (χ0n) is 10.7. The van der Waals surface area contributed by atoms with E-state index in [2.05, 4.69) is 16.3 Å². The van der Waals surface area contributed by atoms with Crippen LogP contribution in [0.15, 0.2) is 21.6 Å². The van der Waals surface area contributed by atoms with Gasteiger partial charge in [-0.25, -0.2) is 13.1 Å². The van der Waals surface area contributed by atoms with E-state index in [1.54, 1.807) is 6.07 Å². The number of nitrogens with one attached hydrogen (secondary N) is 2. The second kappa shape index (κ2) is 7.83. The predicted molar refractivity (Wildman–Crippen MR) is 74.3 cm³/mol. The molecule has 104 valence electrons. The Balaban J connectivity index is 2.32. The first-order valence-electron chi connectivity index (χ1n) is 5.82. The van der Waals surface area contributed by atoms with Crippen molar-refractivity contribution in [2.75, 3.05) is 25.6 Å². The summed E-state index contributed by atoms with van der Waals surface area (Å²) in [6.07, 6.45) is 4.40. The largest absolute Gasteiger partial charge is 0.447 e. The van der Waals surface area contributed by atoms with E-state index in [1.165, 1.54) is 25.3 Å². The van der Waals surface area contributed by atoms with Crippen molar-refractivity contribution >= 4 is 21.8 Å². The number of sulfonamides is 1. The Hall–Kier alpha value is -0.500. The standard InChI is InChI=1S/C11H20N2O3S2/c1-12-18(14,15)11-6-5-10(16-11)9-13-7-3-4-8-17-2/h5-6,12-13H,3-4,7-9H2,1-2H3. The van der Waals surface area contributed by atoms with Crippen LogP contribution in [0, 0.1) is 0 Å². The van der Waals surface area contributed by atoms with Gasteiger partial charge in [-0.2, -0.15) is 11.8 Å². The van der Waals surface area contributed by atoms with E-state index in [0.717, 1.165) is 13.0 Å². The van der Waals surface area contributed by atoms with Crippen molar-refractivity contribution in [3.05, 3.63) is 17.9 Å². The molecule has 2 N–H and O–H groups in total. The molecule has 0 amide bonds. The summed E-state index contributed by atoms with van der Waals surface area (Å²) in [4.78, 5) is 0. The maximum Gasteiger partial charge on any atom is 0.273 e. The monoisotopic (exact) mass is 292 g/mol. The van der Waals surface area contributed by atoms with Crippen LogP contribution in [0.5, 0.6) is 0 Å². The van der Waals surface area contributed by atoms with Gasteiger partial charge in [-0.1, -0.05) is 0 Å². The molecular weight excluding hydrogens is 272 g/mol. The molecule has 0 bridgehead atoms. The molecule has 0 aliphatic carbocycles. The molecule has 0 aliphatic heterocycles. The van der Waals surface area contributed by atoms with Crippen LogP contribution in [0.1, 0.15) is 18.6 Å². The molecule has 0 saturated carbocycles. The number of thioether (sulfide) groups is 1. The Kier molecular flexibility index (Phi) is 6.77. The maximum absolute atomic E-state index is 11.4. The highest BCUT2D eigenvalue weighted by Crippen LogP contribution is 2.13. The minimum Gasteiger partial charge on any atom is -0.447 e. The minimum atomic E-state index is -3.47. The first kappa shape index (κ1) is 15.6. The van der Waals surface area contributed by atoms with Gasteiger partial charge in [-0.3, -0.25) is 0 Å². The SMILES string of the molecule is CNS(=O)(=O)c1ccc(CNCCCCSC)o1. The summed E-state index contributed by atoms with van der Waals surface area (Å²) in [5.74, 6) is 1.81. The zero-order valence-corrected chi connectivity index (χ0v) is 12.4. The zero-order chi connectivity index (χ0) is 13.4. The van der Waals surface area contributed by atoms with Gasteiger partial charge in [0.1, 0.15) is 5.76 Å². The summed E-state index contributed by atoms with van der Waals surface area (Å²) in [7, 11) is -2.10. The lowest BCUT2D eigenvalue weighted by Crippen LogP contribution is -2.18. The summed E-state index contributed by atoms with van der Waals surface area (Å²) in [6, 6.07) is 3.15. The Morgan fingerprint density at radius 3 is 2.78 bits per heavy atom. The summed E-state index contributed by atoms with van der Waals surface area (Å²) < 4.78 is 30.3. The first-order chi connectivity index (χ1) is 8.60. The highest BCUT2D eigenvalue weighted by atomic mass is 32.2. The lowest BCUT2D eigenvalue weighted by atomic mass is 10.3. The molecule has 1 aromatic rings. The van der Waals surface area contributed by atoms with Crippen LogP contribution in [-0.4, -0.2) is 34.0 Å². The summed E-state index contributed by atoms with van der Waals surface area (Å²) >= 11 is 1.84. The van der Waals surface area contributed by atoms with Gasteiger partial charge in [0, 0.05) is 0 Å². The molecule has 0 saturated heterocycles. The lowest BCUT2D eigenvalue weighted by Gasteiger charge is -2.02. The van der Waals surface area contributed by atoms with Gasteiger partial charge in [-0.05, 0) is 50.6 Å². The predicted octanol–water partition coefficient (Wildman–Crippen LogP) is 1.42. The van der Waals surface area contributed by atoms with Crippen LogP contribution in [0.2, 0.25) is 0 Å². The van der Waals surface area contributed by atoms with Crippen molar-refractivity contribution in [2.45, 2.75) is 24.5 Å². The quantitative estimate of drug-likeness (QED) is 0.674. The third-order valence-electron chi connectivity index (χ3n) is 2.42. The van der Waals surface area contributed by atoms with Crippen LogP contribution in [-0.2, 0) is 16.6 Å². The van der Waals surface area contributed by atoms with Crippen molar-refractivity contribution in [3.63, 3.8) is 0 Å². The van der Waals surface area contributed by atoms with E-state index in [0.29, 0.717) is 12.3 Å². The van der Waals surface area contributed by atoms with Gasteiger partial charge in [0.2, 0.25) is 5.09 Å². The summed E-state index contributed by atoms with van der Waals surface area (Å²) in [6.45, 7) is 1.47. The molecule has 1 heterocycles. The van der Waals surface area contributed by atoms with Crippen molar-refractivity contribution in [2.24, 2.45) is 0 Å². The Labute approximate surface area is 113 Å². The molecule has 0 radical (unpaired) electrons. The molecule has 1 rings (SSSR count). The van der Waals surface area contributed by atoms with Crippen LogP contribution < -0.4 is 10.0 Å². The van der Waals surface area contributed by atoms with Crippen molar-refractivity contribution in [1.29, 1.82) is 0 Å². The number of hydrogen-bond acceptors (Lipinski definition) is 5. The molecule has 0 spiro atoms. The van der Waals surface area contributed by atoms with Gasteiger partial charge in [-0.15, -0.1) is 0 Å². The molecule has 7 heteroatoms. The van der Waals surface area contributed by atoms with Gasteiger partial charge in [0.25, 0.3) is 10.0 Å². The second-order valence-electron chi connectivity index (χ2n) is 3.80. The van der Waals surface area contributed by atoms with E-state index in [1.807, 2.05) is 11.8 Å². The Morgan fingerprint density at radius 1 is 1.33 bits per heavy atom. The van der Waals surface area contributed by atoms with Crippen LogP contribution in [0.4, 0.5) is 0 Å². The topological polar surface area (TPSA) is 71.3 Å². The first-order valence-corrected chi connectivity index (χ1v) is 8.70. The Morgan fingerprint density at radius 2 is 2.11 bits per heavy atom. The smallest absolute Gasteiger partial charge is 0.273 e. The fraction of sp³-hybridized carbons (Fsp3) is 0.636. The molecular formula is C11H20N2O3S2. The van der Waals surface area contributed by atoms with Crippen molar-refractivity contribution in [3.8, 4) is 0 Å². The van der Waals surface area contributed by atoms with E-state index in [4.69, 9.17) is 4.42 Å². The van der Waals surface area contributed by atoms with E-state index < -0.39 is 10.0 Å². The van der Waals surface area contributed by atoms with Crippen molar-refractivity contribution in [1.82, 2.24) is 10.0 Å². The maximum atomic E-state index is 11.4. The fourth-order valence-electron chi connectivity index (χ4n) is 1.41. The minimum absolute atomic E-state index is 0.0378. The van der Waals surface area contributed by atoms with Crippen molar-refractivity contribution < 1.29 is 12.8 Å². The van der Waals surface area contributed by atoms with Gasteiger partial charge in [0.05, 0.1) is 6.54 Å². The van der Waals surface area contributed by atoms with Gasteiger partial charge >= 0.3 is 0 Å². The molecule has 18 heavy (non-hydrogen) atoms. The molecule has 0 aliphatic rings. The summed E-state index contributed by atoms with van der Waals surface area (Å²) in [5, 5.41) is 3.19. The summed E-state index contributed by atoms with van der Waals surface area (Å²) in [5.41, 5.74) is 0. The number of hydrogen-bond donors (Lipinski definition) is 2. The average Bonchev–Trinajstić information content (AvgIpc) is 2.83. The number of furan rings is 1.